The van der Waals surface area contributed by atoms with Gasteiger partial charge in [-0.2, -0.15) is 5.10 Å². The number of ether oxygens (including phenoxy) is 1. The second-order valence-electron chi connectivity index (χ2n) is 7.20. The molecule has 3 aromatic rings. The highest BCUT2D eigenvalue weighted by molar-refractivity contribution is 5.81. The Balaban J connectivity index is 1.59. The number of nitrogens with one attached hydrogen (secondary N) is 1. The average molecular weight is 406 g/mol. The maximum atomic E-state index is 12.5. The number of hydrogen-bond donors (Lipinski definition) is 1. The Morgan fingerprint density at radius 2 is 1.97 bits per heavy atom. The van der Waals surface area contributed by atoms with Gasteiger partial charge in [0.15, 0.2) is 0 Å². The summed E-state index contributed by atoms with van der Waals surface area (Å²) in [4.78, 5) is 23.1. The number of amides is 1. The molecule has 1 aliphatic rings. The van der Waals surface area contributed by atoms with Crippen LogP contribution in [0.2, 0.25) is 0 Å². The number of benzene rings is 2. The number of carbonyl (C=O) groups excluding carboxylic acids is 1. The fraction of sp³-hybridized carbons (Fsp3) is 0.273. The van der Waals surface area contributed by atoms with E-state index in [1.807, 2.05) is 36.5 Å². The molecule has 1 aromatic heterocycles. The second-order valence-corrected chi connectivity index (χ2v) is 7.20. The molecule has 4 rings (SSSR count). The topological polar surface area (TPSA) is 99.3 Å². The molecule has 8 nitrogen and oxygen atoms in total. The van der Waals surface area contributed by atoms with Crippen LogP contribution >= 0.6 is 0 Å². The number of nitro benzene ring substituents is 1. The lowest BCUT2D eigenvalue weighted by atomic mass is 10.1. The molecule has 1 atom stereocenters. The van der Waals surface area contributed by atoms with E-state index >= 15 is 0 Å². The van der Waals surface area contributed by atoms with Gasteiger partial charge in [0.1, 0.15) is 0 Å². The third-order valence-electron chi connectivity index (χ3n) is 5.06. The van der Waals surface area contributed by atoms with Crippen LogP contribution in [0.5, 0.6) is 0 Å². The number of aromatic nitrogens is 2. The largest absolute Gasteiger partial charge is 0.376 e. The van der Waals surface area contributed by atoms with Crippen LogP contribution in [0.15, 0.2) is 60.8 Å². The number of hydrogen-bond acceptors (Lipinski definition) is 5. The SMILES string of the molecule is O=C(Cc1cn(-c2ccccc2)nc1-c1ccc([N+](=O)[O-])cc1)NC[C@H]1CCCO1. The third kappa shape index (κ3) is 4.55. The molecule has 8 heteroatoms. The average Bonchev–Trinajstić information content (AvgIpc) is 3.43. The summed E-state index contributed by atoms with van der Waals surface area (Å²) in [7, 11) is 0. The van der Waals surface area contributed by atoms with Gasteiger partial charge in [0, 0.05) is 42.6 Å². The first-order chi connectivity index (χ1) is 14.6. The number of carbonyl (C=O) groups is 1. The first-order valence-electron chi connectivity index (χ1n) is 9.87. The molecule has 2 heterocycles. The number of rotatable bonds is 7. The van der Waals surface area contributed by atoms with Crippen LogP contribution < -0.4 is 5.32 Å². The highest BCUT2D eigenvalue weighted by Crippen LogP contribution is 2.26. The Kier molecular flexibility index (Phi) is 5.85. The van der Waals surface area contributed by atoms with E-state index in [1.165, 1.54) is 12.1 Å². The number of nitro groups is 1. The fourth-order valence-corrected chi connectivity index (χ4v) is 3.50. The Labute approximate surface area is 173 Å². The fourth-order valence-electron chi connectivity index (χ4n) is 3.50. The lowest BCUT2D eigenvalue weighted by Crippen LogP contribution is -2.32. The van der Waals surface area contributed by atoms with Gasteiger partial charge in [-0.05, 0) is 37.1 Å². The van der Waals surface area contributed by atoms with Crippen LogP contribution in [0.3, 0.4) is 0 Å². The minimum absolute atomic E-state index is 0.0112. The van der Waals surface area contributed by atoms with Gasteiger partial charge in [0.05, 0.1) is 28.8 Å². The van der Waals surface area contributed by atoms with Crippen molar-refractivity contribution >= 4 is 11.6 Å². The van der Waals surface area contributed by atoms with Crippen molar-refractivity contribution in [2.45, 2.75) is 25.4 Å². The van der Waals surface area contributed by atoms with E-state index in [0.717, 1.165) is 36.3 Å². The van der Waals surface area contributed by atoms with E-state index in [1.54, 1.807) is 16.8 Å². The van der Waals surface area contributed by atoms with E-state index in [-0.39, 0.29) is 24.1 Å². The molecule has 0 unspecified atom stereocenters. The predicted octanol–water partition coefficient (Wildman–Crippen LogP) is 3.29. The Morgan fingerprint density at radius 1 is 1.20 bits per heavy atom. The molecular weight excluding hydrogens is 384 g/mol. The van der Waals surface area contributed by atoms with Gasteiger partial charge in [0.25, 0.3) is 5.69 Å². The van der Waals surface area contributed by atoms with Crippen molar-refractivity contribution in [3.05, 3.63) is 76.5 Å². The minimum Gasteiger partial charge on any atom is -0.376 e. The maximum Gasteiger partial charge on any atom is 0.269 e. The Bertz CT molecular complexity index is 1030. The molecule has 1 amide bonds. The molecule has 0 radical (unpaired) electrons. The summed E-state index contributed by atoms with van der Waals surface area (Å²) in [5.74, 6) is -0.110. The first kappa shape index (κ1) is 19.8. The maximum absolute atomic E-state index is 12.5. The Hall–Kier alpha value is -3.52. The van der Waals surface area contributed by atoms with Gasteiger partial charge in [-0.15, -0.1) is 0 Å². The van der Waals surface area contributed by atoms with Crippen LogP contribution in [0.25, 0.3) is 16.9 Å². The summed E-state index contributed by atoms with van der Waals surface area (Å²) in [5, 5.41) is 18.5. The van der Waals surface area contributed by atoms with Crippen molar-refractivity contribution in [2.24, 2.45) is 0 Å². The van der Waals surface area contributed by atoms with Crippen LogP contribution in [0.4, 0.5) is 5.69 Å². The van der Waals surface area contributed by atoms with Gasteiger partial charge in [0.2, 0.25) is 5.91 Å². The number of nitrogens with zero attached hydrogens (tertiary/aromatic N) is 3. The van der Waals surface area contributed by atoms with E-state index < -0.39 is 4.92 Å². The van der Waals surface area contributed by atoms with Crippen molar-refractivity contribution in [1.29, 1.82) is 0 Å². The highest BCUT2D eigenvalue weighted by atomic mass is 16.6. The molecule has 30 heavy (non-hydrogen) atoms. The van der Waals surface area contributed by atoms with Gasteiger partial charge in [-0.1, -0.05) is 18.2 Å². The number of para-hydroxylation sites is 1. The van der Waals surface area contributed by atoms with E-state index in [9.17, 15) is 14.9 Å². The van der Waals surface area contributed by atoms with Crippen molar-refractivity contribution in [2.75, 3.05) is 13.2 Å². The van der Waals surface area contributed by atoms with Crippen LogP contribution in [0.1, 0.15) is 18.4 Å². The second kappa shape index (κ2) is 8.87. The summed E-state index contributed by atoms with van der Waals surface area (Å²) in [5.41, 5.74) is 2.97. The van der Waals surface area contributed by atoms with Gasteiger partial charge >= 0.3 is 0 Å². The molecule has 0 saturated carbocycles. The number of non-ortho nitro benzene ring substituents is 1. The summed E-state index contributed by atoms with van der Waals surface area (Å²) in [6.07, 6.45) is 4.05. The summed E-state index contributed by atoms with van der Waals surface area (Å²) < 4.78 is 7.27. The van der Waals surface area contributed by atoms with Crippen molar-refractivity contribution in [3.8, 4) is 16.9 Å². The summed E-state index contributed by atoms with van der Waals surface area (Å²) >= 11 is 0. The predicted molar refractivity (Wildman–Crippen MR) is 111 cm³/mol. The molecule has 0 bridgehead atoms. The monoisotopic (exact) mass is 406 g/mol. The highest BCUT2D eigenvalue weighted by Gasteiger charge is 2.19. The molecule has 1 N–H and O–H groups in total. The van der Waals surface area contributed by atoms with Gasteiger partial charge in [-0.3, -0.25) is 14.9 Å². The summed E-state index contributed by atoms with van der Waals surface area (Å²) in [6.45, 7) is 1.24. The van der Waals surface area contributed by atoms with Crippen molar-refractivity contribution in [3.63, 3.8) is 0 Å². The third-order valence-corrected chi connectivity index (χ3v) is 5.06. The summed E-state index contributed by atoms with van der Waals surface area (Å²) in [6, 6.07) is 15.8. The zero-order chi connectivity index (χ0) is 20.9. The quantitative estimate of drug-likeness (QED) is 0.479. The zero-order valence-electron chi connectivity index (χ0n) is 16.4. The standard InChI is InChI=1S/C22H22N4O4/c27-21(23-14-20-7-4-12-30-20)13-17-15-25(18-5-2-1-3-6-18)24-22(17)16-8-10-19(11-9-16)26(28)29/h1-3,5-6,8-11,15,20H,4,7,12-14H2,(H,23,27)/t20-/m1/s1. The minimum atomic E-state index is -0.439. The lowest BCUT2D eigenvalue weighted by Gasteiger charge is -2.10. The van der Waals surface area contributed by atoms with E-state index in [0.29, 0.717) is 12.2 Å². The van der Waals surface area contributed by atoms with E-state index in [4.69, 9.17) is 4.74 Å². The smallest absolute Gasteiger partial charge is 0.269 e. The molecule has 0 spiro atoms. The lowest BCUT2D eigenvalue weighted by molar-refractivity contribution is -0.384. The van der Waals surface area contributed by atoms with Crippen molar-refractivity contribution in [1.82, 2.24) is 15.1 Å². The first-order valence-corrected chi connectivity index (χ1v) is 9.87. The van der Waals surface area contributed by atoms with Gasteiger partial charge < -0.3 is 10.1 Å². The molecule has 154 valence electrons. The van der Waals surface area contributed by atoms with Crippen LogP contribution in [-0.4, -0.2) is 39.9 Å². The molecule has 2 aromatic carbocycles. The van der Waals surface area contributed by atoms with E-state index in [2.05, 4.69) is 10.4 Å². The van der Waals surface area contributed by atoms with Crippen molar-refractivity contribution < 1.29 is 14.5 Å². The molecular formula is C22H22N4O4. The van der Waals surface area contributed by atoms with Crippen LogP contribution in [-0.2, 0) is 16.0 Å². The molecule has 1 fully saturated rings. The molecule has 0 aliphatic carbocycles. The van der Waals surface area contributed by atoms with Gasteiger partial charge in [-0.25, -0.2) is 4.68 Å². The normalized spacial score (nSPS) is 15.8. The van der Waals surface area contributed by atoms with Crippen LogP contribution in [0, 0.1) is 10.1 Å². The molecule has 1 saturated heterocycles. The Morgan fingerprint density at radius 3 is 2.63 bits per heavy atom. The zero-order valence-corrected chi connectivity index (χ0v) is 16.4. The molecule has 1 aliphatic heterocycles.